The van der Waals surface area contributed by atoms with E-state index in [0.29, 0.717) is 0 Å². The molecule has 2 N–H and O–H groups in total. The highest BCUT2D eigenvalue weighted by Gasteiger charge is 2.38. The van der Waals surface area contributed by atoms with Crippen LogP contribution in [0.2, 0.25) is 0 Å². The number of methoxy groups -OCH3 is 1. The van der Waals surface area contributed by atoms with Gasteiger partial charge in [0.15, 0.2) is 0 Å². The molecule has 1 fully saturated rings. The van der Waals surface area contributed by atoms with E-state index in [1.807, 2.05) is 7.11 Å². The van der Waals surface area contributed by atoms with Crippen LogP contribution in [0.1, 0.15) is 54.8 Å². The summed E-state index contributed by atoms with van der Waals surface area (Å²) in [5.41, 5.74) is 10.8. The summed E-state index contributed by atoms with van der Waals surface area (Å²) in [7, 11) is 1.83. The minimum Gasteiger partial charge on any atom is -0.378 e. The Morgan fingerprint density at radius 2 is 2.00 bits per heavy atom. The fraction of sp³-hybridized carbons (Fsp3) is 0.625. The summed E-state index contributed by atoms with van der Waals surface area (Å²) in [5.74, 6) is 0. The number of nitrogens with two attached hydrogens (primary N) is 1. The molecule has 0 aliphatic heterocycles. The average Bonchev–Trinajstić information content (AvgIpc) is 2.80. The van der Waals surface area contributed by atoms with Crippen molar-refractivity contribution in [2.45, 2.75) is 56.6 Å². The minimum absolute atomic E-state index is 0.0679. The van der Waals surface area contributed by atoms with Gasteiger partial charge in [-0.3, -0.25) is 0 Å². The SMILES string of the molecule is COC1(CC(N)c2ccc3c(c2)CCC3)CCC1. The molecule has 1 atom stereocenters. The molecule has 1 saturated carbocycles. The predicted molar refractivity (Wildman–Crippen MR) is 73.6 cm³/mol. The minimum atomic E-state index is 0.0679. The third-order valence-corrected chi connectivity index (χ3v) is 4.84. The van der Waals surface area contributed by atoms with Crippen molar-refractivity contribution in [3.8, 4) is 0 Å². The van der Waals surface area contributed by atoms with Gasteiger partial charge in [-0.15, -0.1) is 0 Å². The summed E-state index contributed by atoms with van der Waals surface area (Å²) >= 11 is 0. The van der Waals surface area contributed by atoms with Crippen LogP contribution in [0.5, 0.6) is 0 Å². The Morgan fingerprint density at radius 3 is 2.67 bits per heavy atom. The first-order chi connectivity index (χ1) is 8.72. The number of hydrogen-bond acceptors (Lipinski definition) is 2. The van der Waals surface area contributed by atoms with Gasteiger partial charge < -0.3 is 10.5 Å². The molecule has 0 spiro atoms. The first-order valence-electron chi connectivity index (χ1n) is 7.15. The second-order valence-electron chi connectivity index (χ2n) is 5.93. The van der Waals surface area contributed by atoms with Gasteiger partial charge in [0.05, 0.1) is 5.60 Å². The molecular weight excluding hydrogens is 222 g/mol. The van der Waals surface area contributed by atoms with E-state index in [2.05, 4.69) is 18.2 Å². The smallest absolute Gasteiger partial charge is 0.0696 e. The largest absolute Gasteiger partial charge is 0.378 e. The zero-order chi connectivity index (χ0) is 12.6. The Kier molecular flexibility index (Phi) is 3.16. The molecule has 0 aromatic heterocycles. The molecule has 0 bridgehead atoms. The topological polar surface area (TPSA) is 35.2 Å². The van der Waals surface area contributed by atoms with Crippen LogP contribution in [0.25, 0.3) is 0 Å². The lowest BCUT2D eigenvalue weighted by atomic mass is 9.75. The molecule has 1 unspecified atom stereocenters. The first kappa shape index (κ1) is 12.2. The molecule has 98 valence electrons. The van der Waals surface area contributed by atoms with E-state index in [0.717, 1.165) is 6.42 Å². The first-order valence-corrected chi connectivity index (χ1v) is 7.15. The van der Waals surface area contributed by atoms with E-state index >= 15 is 0 Å². The highest BCUT2D eigenvalue weighted by molar-refractivity contribution is 5.36. The number of benzene rings is 1. The van der Waals surface area contributed by atoms with Crippen LogP contribution in [-0.4, -0.2) is 12.7 Å². The van der Waals surface area contributed by atoms with E-state index in [1.54, 1.807) is 0 Å². The Hall–Kier alpha value is -0.860. The third-order valence-electron chi connectivity index (χ3n) is 4.84. The van der Waals surface area contributed by atoms with Crippen LogP contribution < -0.4 is 5.73 Å². The van der Waals surface area contributed by atoms with Crippen LogP contribution in [-0.2, 0) is 17.6 Å². The fourth-order valence-corrected chi connectivity index (χ4v) is 3.40. The van der Waals surface area contributed by atoms with E-state index in [9.17, 15) is 0 Å². The Bertz CT molecular complexity index is 431. The normalized spacial score (nSPS) is 22.3. The lowest BCUT2D eigenvalue weighted by Crippen LogP contribution is -2.41. The maximum atomic E-state index is 6.38. The van der Waals surface area contributed by atoms with Gasteiger partial charge in [0.2, 0.25) is 0 Å². The molecule has 0 radical (unpaired) electrons. The van der Waals surface area contributed by atoms with Gasteiger partial charge in [-0.1, -0.05) is 18.2 Å². The summed E-state index contributed by atoms with van der Waals surface area (Å²) in [6, 6.07) is 6.94. The highest BCUT2D eigenvalue weighted by Crippen LogP contribution is 2.41. The fourth-order valence-electron chi connectivity index (χ4n) is 3.40. The van der Waals surface area contributed by atoms with Gasteiger partial charge in [0.1, 0.15) is 0 Å². The zero-order valence-electron chi connectivity index (χ0n) is 11.2. The van der Waals surface area contributed by atoms with Crippen LogP contribution in [0, 0.1) is 0 Å². The lowest BCUT2D eigenvalue weighted by Gasteiger charge is -2.42. The summed E-state index contributed by atoms with van der Waals surface area (Å²) in [4.78, 5) is 0. The number of rotatable bonds is 4. The van der Waals surface area contributed by atoms with E-state index in [4.69, 9.17) is 10.5 Å². The van der Waals surface area contributed by atoms with Crippen molar-refractivity contribution in [1.82, 2.24) is 0 Å². The number of ether oxygens (including phenoxy) is 1. The third kappa shape index (κ3) is 2.08. The summed E-state index contributed by atoms with van der Waals surface area (Å²) < 4.78 is 5.68. The van der Waals surface area contributed by atoms with Gasteiger partial charge in [-0.05, 0) is 61.6 Å². The molecule has 18 heavy (non-hydrogen) atoms. The van der Waals surface area contributed by atoms with Crippen molar-refractivity contribution in [2.24, 2.45) is 5.73 Å². The van der Waals surface area contributed by atoms with Crippen molar-refractivity contribution < 1.29 is 4.74 Å². The predicted octanol–water partition coefficient (Wildman–Crippen LogP) is 3.13. The molecule has 2 heteroatoms. The Morgan fingerprint density at radius 1 is 1.22 bits per heavy atom. The molecule has 1 aromatic rings. The van der Waals surface area contributed by atoms with E-state index in [1.165, 1.54) is 55.2 Å². The zero-order valence-corrected chi connectivity index (χ0v) is 11.2. The monoisotopic (exact) mass is 245 g/mol. The average molecular weight is 245 g/mol. The van der Waals surface area contributed by atoms with Crippen LogP contribution in [0.15, 0.2) is 18.2 Å². The molecule has 3 rings (SSSR count). The summed E-state index contributed by atoms with van der Waals surface area (Å²) in [5, 5.41) is 0. The van der Waals surface area contributed by atoms with Crippen molar-refractivity contribution in [2.75, 3.05) is 7.11 Å². The van der Waals surface area contributed by atoms with Crippen LogP contribution in [0.3, 0.4) is 0 Å². The lowest BCUT2D eigenvalue weighted by molar-refractivity contribution is -0.0817. The molecule has 0 saturated heterocycles. The van der Waals surface area contributed by atoms with E-state index in [-0.39, 0.29) is 11.6 Å². The van der Waals surface area contributed by atoms with Crippen molar-refractivity contribution in [3.05, 3.63) is 34.9 Å². The maximum absolute atomic E-state index is 6.38. The Labute approximate surface area is 110 Å². The molecule has 0 heterocycles. The van der Waals surface area contributed by atoms with Gasteiger partial charge in [-0.25, -0.2) is 0 Å². The van der Waals surface area contributed by atoms with Crippen LogP contribution >= 0.6 is 0 Å². The molecule has 2 nitrogen and oxygen atoms in total. The van der Waals surface area contributed by atoms with Gasteiger partial charge in [0, 0.05) is 13.2 Å². The molecule has 1 aromatic carbocycles. The van der Waals surface area contributed by atoms with Crippen molar-refractivity contribution >= 4 is 0 Å². The molecular formula is C16H23NO. The Balaban J connectivity index is 1.74. The standard InChI is InChI=1S/C16H23NO/c1-18-16(8-3-9-16)11-15(17)14-7-6-12-4-2-5-13(12)10-14/h6-7,10,15H,2-5,8-9,11,17H2,1H3. The quantitative estimate of drug-likeness (QED) is 0.884. The molecule has 2 aliphatic carbocycles. The van der Waals surface area contributed by atoms with Crippen molar-refractivity contribution in [1.29, 1.82) is 0 Å². The summed E-state index contributed by atoms with van der Waals surface area (Å²) in [6.07, 6.45) is 8.35. The van der Waals surface area contributed by atoms with Gasteiger partial charge in [0.25, 0.3) is 0 Å². The second kappa shape index (κ2) is 4.67. The molecule has 2 aliphatic rings. The van der Waals surface area contributed by atoms with Crippen LogP contribution in [0.4, 0.5) is 0 Å². The number of fused-ring (bicyclic) bond motifs is 1. The number of hydrogen-bond donors (Lipinski definition) is 1. The maximum Gasteiger partial charge on any atom is 0.0696 e. The van der Waals surface area contributed by atoms with Gasteiger partial charge in [-0.2, -0.15) is 0 Å². The second-order valence-corrected chi connectivity index (χ2v) is 5.93. The number of aryl methyl sites for hydroxylation is 2. The van der Waals surface area contributed by atoms with Gasteiger partial charge >= 0.3 is 0 Å². The summed E-state index contributed by atoms with van der Waals surface area (Å²) in [6.45, 7) is 0. The molecule has 0 amide bonds. The van der Waals surface area contributed by atoms with E-state index < -0.39 is 0 Å². The highest BCUT2D eigenvalue weighted by atomic mass is 16.5. The van der Waals surface area contributed by atoms with Crippen molar-refractivity contribution in [3.63, 3.8) is 0 Å².